The molecule has 0 atom stereocenters. The van der Waals surface area contributed by atoms with Crippen molar-refractivity contribution in [3.05, 3.63) is 30.1 Å². The molecule has 0 spiro atoms. The number of nitrogens with zero attached hydrogens (tertiary/aromatic N) is 2. The summed E-state index contributed by atoms with van der Waals surface area (Å²) in [7, 11) is 0. The molecule has 6 nitrogen and oxygen atoms in total. The van der Waals surface area contributed by atoms with E-state index in [0.29, 0.717) is 13.1 Å². The summed E-state index contributed by atoms with van der Waals surface area (Å²) in [5.74, 6) is 2.41. The molecular weight excluding hydrogens is 376 g/mol. The molecule has 1 heterocycles. The highest BCUT2D eigenvalue weighted by molar-refractivity contribution is 5.84. The molecule has 164 valence electrons. The third kappa shape index (κ3) is 5.13. The van der Waals surface area contributed by atoms with E-state index in [4.69, 9.17) is 0 Å². The molecule has 0 aliphatic heterocycles. The highest BCUT2D eigenvalue weighted by Crippen LogP contribution is 2.55. The summed E-state index contributed by atoms with van der Waals surface area (Å²) in [5.41, 5.74) is 1.23. The highest BCUT2D eigenvalue weighted by atomic mass is 16.2. The van der Waals surface area contributed by atoms with Crippen LogP contribution < -0.4 is 10.6 Å². The number of amides is 3. The molecule has 4 bridgehead atoms. The normalized spacial score (nSPS) is 28.9. The van der Waals surface area contributed by atoms with Crippen molar-refractivity contribution >= 4 is 11.9 Å². The lowest BCUT2D eigenvalue weighted by Crippen LogP contribution is -2.61. The highest BCUT2D eigenvalue weighted by Gasteiger charge is 2.51. The first-order chi connectivity index (χ1) is 14.5. The van der Waals surface area contributed by atoms with E-state index in [-0.39, 0.29) is 24.0 Å². The summed E-state index contributed by atoms with van der Waals surface area (Å²) in [6, 6.07) is 3.87. The average molecular weight is 413 g/mol. The molecule has 6 heteroatoms. The van der Waals surface area contributed by atoms with Crippen molar-refractivity contribution in [1.82, 2.24) is 20.5 Å². The van der Waals surface area contributed by atoms with Crippen molar-refractivity contribution in [2.75, 3.05) is 19.6 Å². The Kier molecular flexibility index (Phi) is 6.59. The van der Waals surface area contributed by atoms with Gasteiger partial charge in [0.1, 0.15) is 6.54 Å². The van der Waals surface area contributed by atoms with Crippen molar-refractivity contribution in [2.24, 2.45) is 17.8 Å². The number of rotatable bonds is 9. The van der Waals surface area contributed by atoms with E-state index in [1.54, 1.807) is 17.3 Å². The van der Waals surface area contributed by atoms with Crippen molar-refractivity contribution in [3.8, 4) is 0 Å². The lowest BCUT2D eigenvalue weighted by Gasteiger charge is -2.57. The van der Waals surface area contributed by atoms with E-state index < -0.39 is 0 Å². The van der Waals surface area contributed by atoms with Gasteiger partial charge in [0.15, 0.2) is 0 Å². The number of pyridine rings is 1. The van der Waals surface area contributed by atoms with Crippen LogP contribution in [0.2, 0.25) is 0 Å². The second kappa shape index (κ2) is 9.36. The standard InChI is InChI=1S/C24H36N4O2/c1-2-10-28(23(30)26-7-3-4-18-5-8-25-9-6-18)17-22(29)27-24-14-19-11-20(15-24)13-21(12-19)16-24/h5-6,8-9,19-21H,2-4,7,10-17H2,1H3,(H,26,30)(H,27,29). The molecule has 4 fully saturated rings. The topological polar surface area (TPSA) is 74.3 Å². The fourth-order valence-corrected chi connectivity index (χ4v) is 6.44. The minimum absolute atomic E-state index is 0.00470. The Bertz CT molecular complexity index is 701. The summed E-state index contributed by atoms with van der Waals surface area (Å²) in [4.78, 5) is 31.3. The molecule has 3 amide bonds. The first-order valence-corrected chi connectivity index (χ1v) is 11.8. The quantitative estimate of drug-likeness (QED) is 0.610. The number of nitrogens with one attached hydrogen (secondary N) is 2. The number of carbonyl (C=O) groups excluding carboxylic acids is 2. The summed E-state index contributed by atoms with van der Waals surface area (Å²) < 4.78 is 0. The number of carbonyl (C=O) groups is 2. The predicted molar refractivity (Wildman–Crippen MR) is 117 cm³/mol. The van der Waals surface area contributed by atoms with Crippen LogP contribution in [0.25, 0.3) is 0 Å². The minimum Gasteiger partial charge on any atom is -0.349 e. The van der Waals surface area contributed by atoms with Crippen LogP contribution in [-0.4, -0.2) is 47.0 Å². The van der Waals surface area contributed by atoms with E-state index in [9.17, 15) is 9.59 Å². The van der Waals surface area contributed by atoms with Gasteiger partial charge < -0.3 is 15.5 Å². The molecular formula is C24H36N4O2. The van der Waals surface area contributed by atoms with E-state index in [0.717, 1.165) is 56.3 Å². The van der Waals surface area contributed by atoms with E-state index in [1.807, 2.05) is 19.1 Å². The molecule has 30 heavy (non-hydrogen) atoms. The fraction of sp³-hybridized carbons (Fsp3) is 0.708. The molecule has 4 saturated carbocycles. The maximum absolute atomic E-state index is 12.9. The van der Waals surface area contributed by atoms with Crippen molar-refractivity contribution < 1.29 is 9.59 Å². The molecule has 0 unspecified atom stereocenters. The summed E-state index contributed by atoms with van der Waals surface area (Å²) in [6.07, 6.45) is 13.7. The first-order valence-electron chi connectivity index (χ1n) is 11.8. The number of hydrogen-bond acceptors (Lipinski definition) is 3. The summed E-state index contributed by atoms with van der Waals surface area (Å²) >= 11 is 0. The van der Waals surface area contributed by atoms with Gasteiger partial charge in [-0.3, -0.25) is 9.78 Å². The lowest BCUT2D eigenvalue weighted by molar-refractivity contribution is -0.127. The monoisotopic (exact) mass is 412 g/mol. The summed E-state index contributed by atoms with van der Waals surface area (Å²) in [5, 5.41) is 6.38. The van der Waals surface area contributed by atoms with Crippen LogP contribution in [-0.2, 0) is 11.2 Å². The minimum atomic E-state index is -0.132. The number of aromatic nitrogens is 1. The Hall–Kier alpha value is -2.11. The lowest BCUT2D eigenvalue weighted by atomic mass is 9.53. The van der Waals surface area contributed by atoms with E-state index >= 15 is 0 Å². The van der Waals surface area contributed by atoms with E-state index in [1.165, 1.54) is 24.8 Å². The zero-order valence-corrected chi connectivity index (χ0v) is 18.2. The summed E-state index contributed by atoms with van der Waals surface area (Å²) in [6.45, 7) is 3.41. The fourth-order valence-electron chi connectivity index (χ4n) is 6.44. The zero-order chi connectivity index (χ0) is 21.0. The van der Waals surface area contributed by atoms with Crippen LogP contribution in [0.1, 0.15) is 63.9 Å². The third-order valence-electron chi connectivity index (χ3n) is 7.23. The zero-order valence-electron chi connectivity index (χ0n) is 18.2. The maximum atomic E-state index is 12.9. The van der Waals surface area contributed by atoms with Gasteiger partial charge in [-0.1, -0.05) is 6.92 Å². The molecule has 4 aliphatic rings. The van der Waals surface area contributed by atoms with E-state index in [2.05, 4.69) is 15.6 Å². The Morgan fingerprint density at radius 1 is 1.10 bits per heavy atom. The molecule has 0 radical (unpaired) electrons. The molecule has 2 N–H and O–H groups in total. The molecule has 5 rings (SSSR count). The Morgan fingerprint density at radius 3 is 2.33 bits per heavy atom. The van der Waals surface area contributed by atoms with Gasteiger partial charge in [0.05, 0.1) is 0 Å². The van der Waals surface area contributed by atoms with Crippen LogP contribution in [0.3, 0.4) is 0 Å². The van der Waals surface area contributed by atoms with Gasteiger partial charge in [-0.15, -0.1) is 0 Å². The SMILES string of the molecule is CCCN(CC(=O)NC12CC3CC(CC(C3)C1)C2)C(=O)NCCCc1ccncc1. The van der Waals surface area contributed by atoms with Gasteiger partial charge in [-0.05, 0) is 93.2 Å². The molecule has 1 aromatic rings. The van der Waals surface area contributed by atoms with Gasteiger partial charge in [-0.25, -0.2) is 4.79 Å². The number of urea groups is 1. The van der Waals surface area contributed by atoms with Crippen LogP contribution >= 0.6 is 0 Å². The smallest absolute Gasteiger partial charge is 0.317 e. The number of aryl methyl sites for hydroxylation is 1. The van der Waals surface area contributed by atoms with Crippen LogP contribution in [0.5, 0.6) is 0 Å². The van der Waals surface area contributed by atoms with Crippen molar-refractivity contribution in [2.45, 2.75) is 70.3 Å². The maximum Gasteiger partial charge on any atom is 0.317 e. The van der Waals surface area contributed by atoms with Crippen LogP contribution in [0, 0.1) is 17.8 Å². The van der Waals surface area contributed by atoms with Gasteiger partial charge in [0, 0.05) is 31.0 Å². The second-order valence-corrected chi connectivity index (χ2v) is 9.86. The largest absolute Gasteiger partial charge is 0.349 e. The Balaban J connectivity index is 1.24. The van der Waals surface area contributed by atoms with Gasteiger partial charge >= 0.3 is 6.03 Å². The number of hydrogen-bond donors (Lipinski definition) is 2. The molecule has 4 aliphatic carbocycles. The molecule has 1 aromatic heterocycles. The van der Waals surface area contributed by atoms with Crippen molar-refractivity contribution in [3.63, 3.8) is 0 Å². The average Bonchev–Trinajstić information content (AvgIpc) is 2.70. The Labute approximate surface area is 180 Å². The predicted octanol–water partition coefficient (Wildman–Crippen LogP) is 3.52. The molecule has 0 saturated heterocycles. The molecule has 0 aromatic carbocycles. The third-order valence-corrected chi connectivity index (χ3v) is 7.23. The van der Waals surface area contributed by atoms with Crippen molar-refractivity contribution in [1.29, 1.82) is 0 Å². The van der Waals surface area contributed by atoms with Gasteiger partial charge in [-0.2, -0.15) is 0 Å². The van der Waals surface area contributed by atoms with Gasteiger partial charge in [0.2, 0.25) is 5.91 Å². The van der Waals surface area contributed by atoms with Crippen LogP contribution in [0.4, 0.5) is 4.79 Å². The van der Waals surface area contributed by atoms with Crippen LogP contribution in [0.15, 0.2) is 24.5 Å². The first kappa shape index (κ1) is 21.1. The second-order valence-electron chi connectivity index (χ2n) is 9.86. The van der Waals surface area contributed by atoms with Gasteiger partial charge in [0.25, 0.3) is 0 Å². The Morgan fingerprint density at radius 2 is 1.73 bits per heavy atom.